The predicted octanol–water partition coefficient (Wildman–Crippen LogP) is 4.96. The van der Waals surface area contributed by atoms with Gasteiger partial charge in [-0.05, 0) is 29.2 Å². The molecule has 2 aromatic rings. The van der Waals surface area contributed by atoms with E-state index >= 15 is 0 Å². The first-order valence-electron chi connectivity index (χ1n) is 10.9. The van der Waals surface area contributed by atoms with Gasteiger partial charge in [0.1, 0.15) is 12.7 Å². The van der Waals surface area contributed by atoms with E-state index in [2.05, 4.69) is 0 Å². The summed E-state index contributed by atoms with van der Waals surface area (Å²) in [5.41, 5.74) is 1.08. The maximum atomic E-state index is 14.2. The number of ketones is 1. The highest BCUT2D eigenvalue weighted by Gasteiger charge is 2.25. The van der Waals surface area contributed by atoms with E-state index in [0.717, 1.165) is 17.7 Å². The van der Waals surface area contributed by atoms with E-state index in [1.54, 1.807) is 23.6 Å². The molecule has 1 unspecified atom stereocenters. The molecule has 8 heteroatoms. The highest BCUT2D eigenvalue weighted by Crippen LogP contribution is 2.25. The van der Waals surface area contributed by atoms with Crippen LogP contribution in [0, 0.1) is 11.6 Å². The number of amides is 1. The molecule has 0 bridgehead atoms. The molecule has 0 aromatic heterocycles. The molecule has 176 valence electrons. The molecule has 3 rings (SSSR count). The van der Waals surface area contributed by atoms with Crippen LogP contribution in [0.4, 0.5) is 8.78 Å². The number of hydrogen-bond acceptors (Lipinski definition) is 5. The van der Waals surface area contributed by atoms with Crippen LogP contribution >= 0.6 is 11.8 Å². The normalized spacial score (nSPS) is 16.2. The molecule has 33 heavy (non-hydrogen) atoms. The van der Waals surface area contributed by atoms with E-state index in [9.17, 15) is 18.4 Å². The van der Waals surface area contributed by atoms with Gasteiger partial charge in [-0.25, -0.2) is 8.78 Å². The third kappa shape index (κ3) is 7.40. The lowest BCUT2D eigenvalue weighted by Gasteiger charge is -2.33. The van der Waals surface area contributed by atoms with Gasteiger partial charge in [-0.1, -0.05) is 37.3 Å². The van der Waals surface area contributed by atoms with E-state index < -0.39 is 23.5 Å². The van der Waals surface area contributed by atoms with Crippen molar-refractivity contribution >= 4 is 29.5 Å². The topological polar surface area (TPSA) is 55.8 Å². The molecule has 0 N–H and O–H groups in total. The summed E-state index contributed by atoms with van der Waals surface area (Å²) in [6, 6.07) is 11.9. The summed E-state index contributed by atoms with van der Waals surface area (Å²) in [5, 5.41) is 1.97. The Balaban J connectivity index is 1.45. The van der Waals surface area contributed by atoms with Gasteiger partial charge in [-0.2, -0.15) is 0 Å². The van der Waals surface area contributed by atoms with Crippen LogP contribution in [0.25, 0.3) is 6.08 Å². The van der Waals surface area contributed by atoms with Crippen molar-refractivity contribution in [1.29, 1.82) is 0 Å². The van der Waals surface area contributed by atoms with Gasteiger partial charge >= 0.3 is 0 Å². The number of hydrogen-bond donors (Lipinski definition) is 0. The summed E-state index contributed by atoms with van der Waals surface area (Å²) in [5.74, 6) is -2.11. The Labute approximate surface area is 196 Å². The number of thioether (sulfide) groups is 1. The SMILES string of the molecule is CCC(=O)c1cc(F)c(OCC2CN(C(=O)CCS/C=C\c3ccccc3)CCO2)c(F)c1. The Hall–Kier alpha value is -2.71. The minimum Gasteiger partial charge on any atom is -0.485 e. The van der Waals surface area contributed by atoms with Gasteiger partial charge < -0.3 is 14.4 Å². The predicted molar refractivity (Wildman–Crippen MR) is 125 cm³/mol. The van der Waals surface area contributed by atoms with Crippen LogP contribution in [0.1, 0.15) is 35.7 Å². The lowest BCUT2D eigenvalue weighted by atomic mass is 10.1. The summed E-state index contributed by atoms with van der Waals surface area (Å²) in [6.07, 6.45) is 2.04. The van der Waals surface area contributed by atoms with Crippen LogP contribution in [0.2, 0.25) is 0 Å². The van der Waals surface area contributed by atoms with Crippen LogP contribution in [-0.4, -0.2) is 54.8 Å². The average molecular weight is 476 g/mol. The fourth-order valence-corrected chi connectivity index (χ4v) is 4.03. The van der Waals surface area contributed by atoms with Crippen molar-refractivity contribution in [3.05, 3.63) is 70.6 Å². The number of Topliss-reactive ketones (excluding diaryl/α,β-unsaturated/α-hetero) is 1. The van der Waals surface area contributed by atoms with E-state index in [0.29, 0.717) is 31.9 Å². The second-order valence-corrected chi connectivity index (χ2v) is 8.54. The Bertz CT molecular complexity index is 961. The highest BCUT2D eigenvalue weighted by atomic mass is 32.2. The van der Waals surface area contributed by atoms with Gasteiger partial charge in [-0.15, -0.1) is 11.8 Å². The fourth-order valence-electron chi connectivity index (χ4n) is 3.35. The largest absolute Gasteiger partial charge is 0.485 e. The molecule has 1 aliphatic heterocycles. The molecule has 5 nitrogen and oxygen atoms in total. The summed E-state index contributed by atoms with van der Waals surface area (Å²) in [6.45, 7) is 2.61. The lowest BCUT2D eigenvalue weighted by Crippen LogP contribution is -2.47. The Morgan fingerprint density at radius 1 is 1.21 bits per heavy atom. The molecule has 2 aromatic carbocycles. The van der Waals surface area contributed by atoms with Gasteiger partial charge in [0, 0.05) is 30.7 Å². The first-order chi connectivity index (χ1) is 16.0. The molecule has 1 saturated heterocycles. The van der Waals surface area contributed by atoms with E-state index in [1.165, 1.54) is 0 Å². The number of morpholine rings is 1. The Kier molecular flexibility index (Phi) is 9.45. The maximum Gasteiger partial charge on any atom is 0.223 e. The number of carbonyl (C=O) groups excluding carboxylic acids is 2. The first-order valence-corrected chi connectivity index (χ1v) is 11.9. The van der Waals surface area contributed by atoms with Crippen LogP contribution in [0.3, 0.4) is 0 Å². The number of ether oxygens (including phenoxy) is 2. The molecule has 1 atom stereocenters. The molecule has 0 spiro atoms. The molecule has 1 heterocycles. The van der Waals surface area contributed by atoms with Gasteiger partial charge in [0.05, 0.1) is 13.2 Å². The van der Waals surface area contributed by atoms with Crippen LogP contribution in [-0.2, 0) is 9.53 Å². The number of halogens is 2. The van der Waals surface area contributed by atoms with E-state index in [1.807, 2.05) is 41.8 Å². The Morgan fingerprint density at radius 2 is 1.94 bits per heavy atom. The summed E-state index contributed by atoms with van der Waals surface area (Å²) >= 11 is 1.57. The van der Waals surface area contributed by atoms with Crippen molar-refractivity contribution in [2.24, 2.45) is 0 Å². The smallest absolute Gasteiger partial charge is 0.223 e. The zero-order valence-corrected chi connectivity index (χ0v) is 19.3. The summed E-state index contributed by atoms with van der Waals surface area (Å²) in [7, 11) is 0. The second kappa shape index (κ2) is 12.5. The third-order valence-corrected chi connectivity index (χ3v) is 5.90. The maximum absolute atomic E-state index is 14.2. The summed E-state index contributed by atoms with van der Waals surface area (Å²) < 4.78 is 39.4. The van der Waals surface area contributed by atoms with Crippen molar-refractivity contribution in [2.45, 2.75) is 25.9 Å². The van der Waals surface area contributed by atoms with Gasteiger partial charge in [0.25, 0.3) is 0 Å². The van der Waals surface area contributed by atoms with Crippen molar-refractivity contribution in [1.82, 2.24) is 4.90 Å². The van der Waals surface area contributed by atoms with Gasteiger partial charge in [0.2, 0.25) is 5.91 Å². The van der Waals surface area contributed by atoms with Gasteiger partial charge in [0.15, 0.2) is 23.2 Å². The minimum atomic E-state index is -0.934. The fraction of sp³-hybridized carbons (Fsp3) is 0.360. The first kappa shape index (κ1) is 24.9. The average Bonchev–Trinajstić information content (AvgIpc) is 2.83. The second-order valence-electron chi connectivity index (χ2n) is 7.52. The van der Waals surface area contributed by atoms with Crippen LogP contribution in [0.15, 0.2) is 47.9 Å². The molecule has 1 aliphatic rings. The zero-order valence-electron chi connectivity index (χ0n) is 18.5. The van der Waals surface area contributed by atoms with E-state index in [4.69, 9.17) is 9.47 Å². The van der Waals surface area contributed by atoms with Crippen molar-refractivity contribution in [3.8, 4) is 5.75 Å². The number of benzene rings is 2. The number of rotatable bonds is 10. The van der Waals surface area contributed by atoms with E-state index in [-0.39, 0.29) is 30.3 Å². The number of carbonyl (C=O) groups is 2. The highest BCUT2D eigenvalue weighted by molar-refractivity contribution is 8.02. The van der Waals surface area contributed by atoms with Crippen LogP contribution in [0.5, 0.6) is 5.75 Å². The zero-order chi connectivity index (χ0) is 23.6. The third-order valence-electron chi connectivity index (χ3n) is 5.14. The minimum absolute atomic E-state index is 0.00343. The molecule has 1 amide bonds. The number of nitrogens with zero attached hydrogens (tertiary/aromatic N) is 1. The molecule has 1 fully saturated rings. The molecule has 0 aliphatic carbocycles. The molecule has 0 saturated carbocycles. The molecule has 0 radical (unpaired) electrons. The molecular formula is C25H27F2NO4S. The molecular weight excluding hydrogens is 448 g/mol. The lowest BCUT2D eigenvalue weighted by molar-refractivity contribution is -0.139. The summed E-state index contributed by atoms with van der Waals surface area (Å²) in [4.78, 5) is 25.9. The quantitative estimate of drug-likeness (QED) is 0.359. The van der Waals surface area contributed by atoms with Crippen molar-refractivity contribution in [3.63, 3.8) is 0 Å². The Morgan fingerprint density at radius 3 is 2.64 bits per heavy atom. The van der Waals surface area contributed by atoms with Gasteiger partial charge in [-0.3, -0.25) is 9.59 Å². The monoisotopic (exact) mass is 475 g/mol. The van der Waals surface area contributed by atoms with Crippen molar-refractivity contribution < 1.29 is 27.8 Å². The van der Waals surface area contributed by atoms with Crippen LogP contribution < -0.4 is 4.74 Å². The van der Waals surface area contributed by atoms with Crippen molar-refractivity contribution in [2.75, 3.05) is 32.1 Å². The standard InChI is InChI=1S/C25H27F2NO4S/c1-2-23(29)19-14-21(26)25(22(27)15-19)32-17-20-16-28(10-11-31-20)24(30)9-13-33-12-8-18-6-4-3-5-7-18/h3-8,12,14-15,20H,2,9-11,13,16-17H2,1H3/b12-8-.